The van der Waals surface area contributed by atoms with Crippen LogP contribution in [-0.2, 0) is 80.9 Å². The first-order chi connectivity index (χ1) is 18.5. The van der Waals surface area contributed by atoms with Gasteiger partial charge >= 0.3 is 0 Å². The lowest BCUT2D eigenvalue weighted by Crippen LogP contribution is -2.59. The van der Waals surface area contributed by atoms with Crippen LogP contribution in [0.15, 0.2) is 0 Å². The van der Waals surface area contributed by atoms with Crippen LogP contribution in [0.1, 0.15) is 0 Å². The summed E-state index contributed by atoms with van der Waals surface area (Å²) in [6.45, 7) is -6.23. The third-order valence-corrected chi connectivity index (χ3v) is 16.3. The molecule has 0 aromatic rings. The molecule has 0 rings (SSSR count). The lowest BCUT2D eigenvalue weighted by Gasteiger charge is -2.32. The molecule has 35 heteroatoms. The number of nitrogens with zero attached hydrogens (tertiary/aromatic N) is 2. The Balaban J connectivity index is 6.80. The molecule has 0 heterocycles. The minimum Gasteiger partial charge on any atom is -0.314 e. The number of hydrogen-bond acceptors (Lipinski definition) is 19. The second-order valence-corrected chi connectivity index (χ2v) is 20.6. The van der Waals surface area contributed by atoms with E-state index >= 15 is 0 Å². The molecule has 260 valence electrons. The first-order valence-electron chi connectivity index (χ1n) is 9.39. The van der Waals surface area contributed by atoms with Gasteiger partial charge in [0.1, 0.15) is 0 Å². The van der Waals surface area contributed by atoms with Gasteiger partial charge in [0.2, 0.25) is 0 Å². The molecule has 0 bridgehead atoms. The number of rotatable bonds is 18. The molecule has 0 aliphatic heterocycles. The molecule has 0 aromatic carbocycles. The van der Waals surface area contributed by atoms with Crippen LogP contribution in [0.25, 0.3) is 0 Å². The van der Waals surface area contributed by atoms with E-state index in [2.05, 4.69) is 0 Å². The molecule has 0 fully saturated rings. The second-order valence-electron chi connectivity index (χ2n) is 7.57. The Morgan fingerprint density at radius 2 is 0.488 bits per heavy atom. The standard InChI is InChI=1S/C8H21N3O24S8/c12-36(13,14)5(37(15,16)17)10(6(38(18,19)20)39(21,22)23)3-1-9-2-4-11(7(40(24,25)26)41(27,28)29)8(42(30,31)32)43(33,34)35/h5-9H,1-4H2,(H,12,13,14)(H,15,16,17)(H,18,19,20)(H,21,22,23)(H,24,25,26)(H,27,28,29)(H,30,31,32)(H,33,34,35). The average molecular weight is 800 g/mol. The fraction of sp³-hybridized carbons (Fsp3) is 1.00. The SMILES string of the molecule is O=S(=O)(O)C(N(CCNCCN(C(S(=O)(=O)O)S(=O)(=O)O)C(S(=O)(=O)O)S(=O)(=O)O)C(S(=O)(=O)O)S(=O)(=O)O)S(=O)(=O)O. The van der Waals surface area contributed by atoms with Crippen LogP contribution in [0.2, 0.25) is 0 Å². The monoisotopic (exact) mass is 799 g/mol. The predicted octanol–water partition coefficient (Wildman–Crippen LogP) is -6.58. The zero-order valence-electron chi connectivity index (χ0n) is 19.9. The van der Waals surface area contributed by atoms with Crippen molar-refractivity contribution in [2.24, 2.45) is 0 Å². The van der Waals surface area contributed by atoms with Crippen molar-refractivity contribution in [3.63, 3.8) is 0 Å². The molecule has 27 nitrogen and oxygen atoms in total. The van der Waals surface area contributed by atoms with Gasteiger partial charge in [-0.2, -0.15) is 67.3 Å². The molecule has 0 aliphatic rings. The molecule has 0 saturated carbocycles. The molecule has 0 saturated heterocycles. The van der Waals surface area contributed by atoms with E-state index in [1.165, 1.54) is 0 Å². The molecule has 0 aliphatic carbocycles. The van der Waals surface area contributed by atoms with Crippen molar-refractivity contribution in [3.8, 4) is 0 Å². The van der Waals surface area contributed by atoms with E-state index in [0.29, 0.717) is 0 Å². The van der Waals surface area contributed by atoms with E-state index in [4.69, 9.17) is 36.4 Å². The third kappa shape index (κ3) is 12.5. The minimum atomic E-state index is -6.31. The van der Waals surface area contributed by atoms with E-state index in [-0.39, 0.29) is 0 Å². The predicted molar refractivity (Wildman–Crippen MR) is 134 cm³/mol. The van der Waals surface area contributed by atoms with Crippen molar-refractivity contribution in [2.45, 2.75) is 18.8 Å². The maximum Gasteiger partial charge on any atom is 0.298 e. The van der Waals surface area contributed by atoms with Crippen molar-refractivity contribution < 1.29 is 104 Å². The minimum absolute atomic E-state index is 0.988. The van der Waals surface area contributed by atoms with Gasteiger partial charge in [-0.3, -0.25) is 36.4 Å². The van der Waals surface area contributed by atoms with Crippen LogP contribution >= 0.6 is 0 Å². The van der Waals surface area contributed by atoms with E-state index in [1.807, 2.05) is 0 Å². The molecule has 0 amide bonds. The Morgan fingerprint density at radius 1 is 0.349 bits per heavy atom. The second kappa shape index (κ2) is 13.5. The van der Waals surface area contributed by atoms with Gasteiger partial charge < -0.3 is 5.32 Å². The highest BCUT2D eigenvalue weighted by Gasteiger charge is 2.54. The highest BCUT2D eigenvalue weighted by Crippen LogP contribution is 2.24. The van der Waals surface area contributed by atoms with E-state index in [9.17, 15) is 67.3 Å². The van der Waals surface area contributed by atoms with Crippen LogP contribution in [0, 0.1) is 0 Å². The summed E-state index contributed by atoms with van der Waals surface area (Å²) < 4.78 is 242. The summed E-state index contributed by atoms with van der Waals surface area (Å²) in [6.07, 6.45) is 0. The van der Waals surface area contributed by atoms with Crippen LogP contribution in [0.5, 0.6) is 0 Å². The summed E-state index contributed by atoms with van der Waals surface area (Å²) in [5.41, 5.74) is 0. The normalized spacial score (nSPS) is 15.4. The zero-order valence-corrected chi connectivity index (χ0v) is 26.4. The molecule has 0 atom stereocenters. The van der Waals surface area contributed by atoms with Crippen molar-refractivity contribution in [1.29, 1.82) is 0 Å². The Kier molecular flexibility index (Phi) is 13.2. The molecule has 0 aromatic heterocycles. The molecule has 0 unspecified atom stereocenters. The number of hydrogen-bond donors (Lipinski definition) is 9. The zero-order chi connectivity index (χ0) is 35.0. The Bertz CT molecular complexity index is 1500. The maximum atomic E-state index is 11.6. The largest absolute Gasteiger partial charge is 0.314 e. The first kappa shape index (κ1) is 42.2. The smallest absolute Gasteiger partial charge is 0.298 e. The van der Waals surface area contributed by atoms with Gasteiger partial charge in [0.25, 0.3) is 99.8 Å². The third-order valence-electron chi connectivity index (χ3n) is 4.22. The summed E-state index contributed by atoms with van der Waals surface area (Å²) in [5.74, 6) is 0. The van der Waals surface area contributed by atoms with Crippen LogP contribution in [0.3, 0.4) is 0 Å². The van der Waals surface area contributed by atoms with Gasteiger partial charge in [-0.25, -0.2) is 9.80 Å². The molecule has 0 radical (unpaired) electrons. The lowest BCUT2D eigenvalue weighted by molar-refractivity contribution is 0.251. The fourth-order valence-electron chi connectivity index (χ4n) is 3.15. The summed E-state index contributed by atoms with van der Waals surface area (Å²) in [5, 5.41) is 1.78. The maximum absolute atomic E-state index is 11.6. The lowest BCUT2D eigenvalue weighted by atomic mass is 10.5. The van der Waals surface area contributed by atoms with Crippen molar-refractivity contribution in [3.05, 3.63) is 0 Å². The van der Waals surface area contributed by atoms with E-state index < -0.39 is 136 Å². The Labute approximate surface area is 243 Å². The van der Waals surface area contributed by atoms with Gasteiger partial charge in [0, 0.05) is 26.2 Å². The summed E-state index contributed by atoms with van der Waals surface area (Å²) in [6, 6.07) is 0. The molecule has 9 N–H and O–H groups in total. The Hall–Kier alpha value is -0.840. The summed E-state index contributed by atoms with van der Waals surface area (Å²) >= 11 is 0. The average Bonchev–Trinajstić information content (AvgIpc) is 2.57. The quantitative estimate of drug-likeness (QED) is 0.0459. The molecule has 0 spiro atoms. The van der Waals surface area contributed by atoms with Gasteiger partial charge in [0.05, 0.1) is 0 Å². The van der Waals surface area contributed by atoms with Crippen LogP contribution in [0.4, 0.5) is 0 Å². The van der Waals surface area contributed by atoms with Gasteiger partial charge in [0.15, 0.2) is 0 Å². The molecular formula is C8H21N3O24S8. The molecule has 43 heavy (non-hydrogen) atoms. The van der Waals surface area contributed by atoms with Gasteiger partial charge in [-0.15, -0.1) is 0 Å². The highest BCUT2D eigenvalue weighted by molar-refractivity contribution is 8.06. The Morgan fingerprint density at radius 3 is 0.605 bits per heavy atom. The molecular weight excluding hydrogens is 779 g/mol. The highest BCUT2D eigenvalue weighted by atomic mass is 32.3. The van der Waals surface area contributed by atoms with Gasteiger partial charge in [-0.05, 0) is 0 Å². The van der Waals surface area contributed by atoms with Crippen LogP contribution < -0.4 is 5.32 Å². The summed E-state index contributed by atoms with van der Waals surface area (Å²) in [4.78, 5) is -1.98. The number of nitrogens with one attached hydrogen (secondary N) is 1. The summed E-state index contributed by atoms with van der Waals surface area (Å²) in [7, 11) is -50.5. The van der Waals surface area contributed by atoms with E-state index in [1.54, 1.807) is 5.32 Å². The van der Waals surface area contributed by atoms with Gasteiger partial charge in [-0.1, -0.05) is 0 Å². The van der Waals surface area contributed by atoms with Crippen molar-refractivity contribution in [2.75, 3.05) is 26.2 Å². The van der Waals surface area contributed by atoms with Crippen molar-refractivity contribution >= 4 is 80.9 Å². The fourth-order valence-corrected chi connectivity index (χ4v) is 13.2. The van der Waals surface area contributed by atoms with Crippen molar-refractivity contribution in [1.82, 2.24) is 15.1 Å². The van der Waals surface area contributed by atoms with Crippen LogP contribution in [-0.4, -0.2) is 159 Å². The first-order valence-corrected chi connectivity index (χ1v) is 21.4. The topological polar surface area (TPSA) is 453 Å². The van der Waals surface area contributed by atoms with E-state index in [0.717, 1.165) is 0 Å².